The van der Waals surface area contributed by atoms with E-state index < -0.39 is 5.60 Å². The van der Waals surface area contributed by atoms with E-state index in [1.54, 1.807) is 23.2 Å². The van der Waals surface area contributed by atoms with Crippen molar-refractivity contribution in [3.63, 3.8) is 0 Å². The molecule has 3 aromatic rings. The van der Waals surface area contributed by atoms with Gasteiger partial charge in [-0.1, -0.05) is 18.2 Å². The van der Waals surface area contributed by atoms with Gasteiger partial charge < -0.3 is 5.11 Å². The van der Waals surface area contributed by atoms with Gasteiger partial charge >= 0.3 is 0 Å². The van der Waals surface area contributed by atoms with Crippen molar-refractivity contribution < 1.29 is 9.90 Å². The van der Waals surface area contributed by atoms with E-state index in [0.717, 1.165) is 22.2 Å². The molecule has 0 radical (unpaired) electrons. The number of aryl methyl sites for hydroxylation is 1. The fourth-order valence-corrected chi connectivity index (χ4v) is 2.67. The number of rotatable bonds is 5. The van der Waals surface area contributed by atoms with Crippen LogP contribution < -0.4 is 0 Å². The molecule has 2 heterocycles. The molecule has 7 nitrogen and oxygen atoms in total. The number of hydrogen-bond donors (Lipinski definition) is 1. The number of carbonyl (C=O) groups excluding carboxylic acids is 1. The molecule has 0 bridgehead atoms. The van der Waals surface area contributed by atoms with Crippen molar-refractivity contribution in [2.45, 2.75) is 39.3 Å². The van der Waals surface area contributed by atoms with E-state index in [2.05, 4.69) is 15.4 Å². The number of ketones is 1. The molecule has 0 aliphatic rings. The van der Waals surface area contributed by atoms with E-state index in [-0.39, 0.29) is 5.78 Å². The average molecular weight is 327 g/mol. The summed E-state index contributed by atoms with van der Waals surface area (Å²) in [5.74, 6) is -0.0123. The summed E-state index contributed by atoms with van der Waals surface area (Å²) >= 11 is 0. The van der Waals surface area contributed by atoms with E-state index in [0.29, 0.717) is 18.7 Å². The number of nitrogens with zero attached hydrogens (tertiary/aromatic N) is 5. The summed E-state index contributed by atoms with van der Waals surface area (Å²) in [6.45, 7) is 5.55. The Balaban J connectivity index is 2.18. The lowest BCUT2D eigenvalue weighted by Gasteiger charge is -2.17. The van der Waals surface area contributed by atoms with Gasteiger partial charge in [0.05, 0.1) is 23.9 Å². The number of Topliss-reactive ketones (excluding diaryl/α,β-unsaturated/α-hetero) is 1. The van der Waals surface area contributed by atoms with Crippen LogP contribution in [0, 0.1) is 0 Å². The van der Waals surface area contributed by atoms with E-state index in [1.807, 2.05) is 38.4 Å². The highest BCUT2D eigenvalue weighted by atomic mass is 16.3. The number of carbonyl (C=O) groups is 1. The van der Waals surface area contributed by atoms with Crippen LogP contribution in [0.2, 0.25) is 0 Å². The molecule has 0 atom stereocenters. The zero-order chi connectivity index (χ0) is 17.5. The van der Waals surface area contributed by atoms with Gasteiger partial charge in [0.25, 0.3) is 0 Å². The van der Waals surface area contributed by atoms with Crippen LogP contribution in [0.25, 0.3) is 22.2 Å². The summed E-state index contributed by atoms with van der Waals surface area (Å²) in [4.78, 5) is 12.2. The van der Waals surface area contributed by atoms with Crippen molar-refractivity contribution in [2.24, 2.45) is 7.05 Å². The highest BCUT2D eigenvalue weighted by molar-refractivity contribution is 6.06. The van der Waals surface area contributed by atoms with Crippen LogP contribution in [0.4, 0.5) is 0 Å². The van der Waals surface area contributed by atoms with Crippen molar-refractivity contribution in [3.8, 4) is 11.3 Å². The van der Waals surface area contributed by atoms with E-state index in [4.69, 9.17) is 0 Å². The normalized spacial score (nSPS) is 12.0. The van der Waals surface area contributed by atoms with Gasteiger partial charge in [0, 0.05) is 24.4 Å². The molecule has 2 aromatic heterocycles. The van der Waals surface area contributed by atoms with E-state index in [1.165, 1.54) is 0 Å². The first-order chi connectivity index (χ1) is 11.3. The average Bonchev–Trinajstić information content (AvgIpc) is 3.09. The first-order valence-corrected chi connectivity index (χ1v) is 7.91. The lowest BCUT2D eigenvalue weighted by molar-refractivity contribution is 0.0588. The van der Waals surface area contributed by atoms with E-state index >= 15 is 0 Å². The highest BCUT2D eigenvalue weighted by Gasteiger charge is 2.21. The Morgan fingerprint density at radius 1 is 1.33 bits per heavy atom. The molecule has 7 heteroatoms. The summed E-state index contributed by atoms with van der Waals surface area (Å²) in [6.07, 6.45) is 2.22. The lowest BCUT2D eigenvalue weighted by Crippen LogP contribution is -2.26. The molecule has 126 valence electrons. The largest absolute Gasteiger partial charge is 0.389 e. The van der Waals surface area contributed by atoms with Gasteiger partial charge in [-0.3, -0.25) is 14.2 Å². The Labute approximate surface area is 139 Å². The SMILES string of the molecule is CCC(=O)c1nn(CC(C)(C)O)c2cc(-c3cn(C)nn3)ccc12. The third-order valence-corrected chi connectivity index (χ3v) is 3.77. The maximum atomic E-state index is 12.2. The standard InChI is InChI=1S/C17H21N5O2/c1-5-15(23)16-12-7-6-11(13-9-21(4)20-18-13)8-14(12)22(19-16)10-17(2,3)24/h6-9,24H,5,10H2,1-4H3. The number of aromatic nitrogens is 5. The summed E-state index contributed by atoms with van der Waals surface area (Å²) in [5.41, 5.74) is 1.95. The highest BCUT2D eigenvalue weighted by Crippen LogP contribution is 2.27. The van der Waals surface area contributed by atoms with Gasteiger partial charge in [-0.2, -0.15) is 5.10 Å². The molecule has 0 fully saturated rings. The predicted molar refractivity (Wildman–Crippen MR) is 90.6 cm³/mol. The molecule has 0 spiro atoms. The number of benzene rings is 1. The summed E-state index contributed by atoms with van der Waals surface area (Å²) in [5, 5.41) is 23.5. The van der Waals surface area contributed by atoms with Gasteiger partial charge in [0.15, 0.2) is 5.78 Å². The second kappa shape index (κ2) is 5.83. The molecule has 3 rings (SSSR count). The molecule has 0 saturated carbocycles. The maximum Gasteiger partial charge on any atom is 0.183 e. The fraction of sp³-hybridized carbons (Fsp3) is 0.412. The Morgan fingerprint density at radius 2 is 2.08 bits per heavy atom. The molecule has 0 aliphatic carbocycles. The quantitative estimate of drug-likeness (QED) is 0.726. The van der Waals surface area contributed by atoms with Crippen molar-refractivity contribution >= 4 is 16.7 Å². The first-order valence-electron chi connectivity index (χ1n) is 7.91. The Kier molecular flexibility index (Phi) is 3.96. The summed E-state index contributed by atoms with van der Waals surface area (Å²) < 4.78 is 3.33. The molecule has 0 unspecified atom stereocenters. The van der Waals surface area contributed by atoms with Gasteiger partial charge in [-0.05, 0) is 26.0 Å². The Bertz CT molecular complexity index is 901. The molecule has 0 aliphatic heterocycles. The van der Waals surface area contributed by atoms with Gasteiger partial charge in [-0.15, -0.1) is 5.10 Å². The minimum atomic E-state index is -0.936. The monoisotopic (exact) mass is 327 g/mol. The van der Waals surface area contributed by atoms with Gasteiger partial charge in [0.1, 0.15) is 11.4 Å². The molecular formula is C17H21N5O2. The second-order valence-corrected chi connectivity index (χ2v) is 6.60. The van der Waals surface area contributed by atoms with Crippen LogP contribution in [-0.2, 0) is 13.6 Å². The molecule has 1 N–H and O–H groups in total. The number of fused-ring (bicyclic) bond motifs is 1. The van der Waals surface area contributed by atoms with Crippen LogP contribution in [-0.4, -0.2) is 41.3 Å². The van der Waals surface area contributed by atoms with Crippen LogP contribution in [0.5, 0.6) is 0 Å². The third-order valence-electron chi connectivity index (χ3n) is 3.77. The van der Waals surface area contributed by atoms with Crippen molar-refractivity contribution in [2.75, 3.05) is 0 Å². The molecule has 24 heavy (non-hydrogen) atoms. The zero-order valence-electron chi connectivity index (χ0n) is 14.3. The molecule has 0 amide bonds. The molecule has 1 aromatic carbocycles. The van der Waals surface area contributed by atoms with Crippen molar-refractivity contribution in [1.29, 1.82) is 0 Å². The summed E-state index contributed by atoms with van der Waals surface area (Å²) in [7, 11) is 1.81. The number of hydrogen-bond acceptors (Lipinski definition) is 5. The predicted octanol–water partition coefficient (Wildman–Crippen LogP) is 2.20. The van der Waals surface area contributed by atoms with Crippen molar-refractivity contribution in [3.05, 3.63) is 30.1 Å². The van der Waals surface area contributed by atoms with Gasteiger partial charge in [0.2, 0.25) is 0 Å². The maximum absolute atomic E-state index is 12.2. The number of aliphatic hydroxyl groups is 1. The fourth-order valence-electron chi connectivity index (χ4n) is 2.67. The second-order valence-electron chi connectivity index (χ2n) is 6.60. The zero-order valence-corrected chi connectivity index (χ0v) is 14.3. The topological polar surface area (TPSA) is 85.8 Å². The van der Waals surface area contributed by atoms with Crippen LogP contribution in [0.3, 0.4) is 0 Å². The summed E-state index contributed by atoms with van der Waals surface area (Å²) in [6, 6.07) is 5.73. The van der Waals surface area contributed by atoms with Crippen LogP contribution in [0.15, 0.2) is 24.4 Å². The first kappa shape index (κ1) is 16.3. The smallest absolute Gasteiger partial charge is 0.183 e. The lowest BCUT2D eigenvalue weighted by atomic mass is 10.1. The van der Waals surface area contributed by atoms with Crippen LogP contribution in [0.1, 0.15) is 37.7 Å². The molecular weight excluding hydrogens is 306 g/mol. The van der Waals surface area contributed by atoms with Crippen molar-refractivity contribution in [1.82, 2.24) is 24.8 Å². The Hall–Kier alpha value is -2.54. The van der Waals surface area contributed by atoms with Gasteiger partial charge in [-0.25, -0.2) is 0 Å². The van der Waals surface area contributed by atoms with Crippen LogP contribution >= 0.6 is 0 Å². The van der Waals surface area contributed by atoms with E-state index in [9.17, 15) is 9.90 Å². The minimum absolute atomic E-state index is 0.0123. The minimum Gasteiger partial charge on any atom is -0.389 e. The molecule has 0 saturated heterocycles. The third kappa shape index (κ3) is 3.07. The Morgan fingerprint density at radius 3 is 2.67 bits per heavy atom.